The Kier molecular flexibility index (Phi) is 3.75. The number of aliphatic hydroxyl groups excluding tert-OH is 1. The molecule has 0 aliphatic carbocycles. The smallest absolute Gasteiger partial charge is 0.128 e. The molecule has 0 amide bonds. The topological polar surface area (TPSA) is 58.3 Å². The van der Waals surface area contributed by atoms with Crippen molar-refractivity contribution in [3.63, 3.8) is 0 Å². The second-order valence-electron chi connectivity index (χ2n) is 4.86. The van der Waals surface area contributed by atoms with Crippen LogP contribution in [0.4, 0.5) is 15.8 Å². The largest absolute Gasteiger partial charge is 0.397 e. The highest BCUT2D eigenvalue weighted by atomic mass is 19.1. The monoisotopic (exact) mass is 226 g/mol. The van der Waals surface area contributed by atoms with Crippen molar-refractivity contribution in [2.45, 2.75) is 20.8 Å². The Hall–Kier alpha value is -1.29. The summed E-state index contributed by atoms with van der Waals surface area (Å²) in [5.41, 5.74) is 7.12. The van der Waals surface area contributed by atoms with Gasteiger partial charge in [-0.25, -0.2) is 4.39 Å². The normalized spacial score (nSPS) is 11.6. The molecule has 0 atom stereocenters. The Labute approximate surface area is 95.5 Å². The Morgan fingerprint density at radius 3 is 2.62 bits per heavy atom. The molecule has 0 spiro atoms. The van der Waals surface area contributed by atoms with E-state index in [4.69, 9.17) is 10.8 Å². The maximum atomic E-state index is 13.2. The second-order valence-corrected chi connectivity index (χ2v) is 4.86. The van der Waals surface area contributed by atoms with Gasteiger partial charge in [0.15, 0.2) is 0 Å². The summed E-state index contributed by atoms with van der Waals surface area (Å²) in [4.78, 5) is 0. The molecule has 0 aliphatic rings. The number of anilines is 2. The van der Waals surface area contributed by atoms with Crippen molar-refractivity contribution < 1.29 is 9.50 Å². The zero-order chi connectivity index (χ0) is 12.3. The van der Waals surface area contributed by atoms with Crippen LogP contribution >= 0.6 is 0 Å². The molecule has 16 heavy (non-hydrogen) atoms. The average Bonchev–Trinajstić information content (AvgIpc) is 2.22. The Morgan fingerprint density at radius 2 is 2.06 bits per heavy atom. The molecule has 1 aromatic carbocycles. The molecule has 0 unspecified atom stereocenters. The summed E-state index contributed by atoms with van der Waals surface area (Å²) in [6.07, 6.45) is 0. The van der Waals surface area contributed by atoms with E-state index in [1.165, 1.54) is 6.07 Å². The lowest BCUT2D eigenvalue weighted by Gasteiger charge is -2.23. The minimum Gasteiger partial charge on any atom is -0.397 e. The van der Waals surface area contributed by atoms with Gasteiger partial charge in [-0.05, 0) is 24.6 Å². The van der Waals surface area contributed by atoms with Crippen LogP contribution in [0.15, 0.2) is 12.1 Å². The van der Waals surface area contributed by atoms with Crippen molar-refractivity contribution in [2.24, 2.45) is 5.41 Å². The van der Waals surface area contributed by atoms with Gasteiger partial charge >= 0.3 is 0 Å². The number of nitrogen functional groups attached to an aromatic ring is 1. The summed E-state index contributed by atoms with van der Waals surface area (Å²) in [7, 11) is 0. The first-order chi connectivity index (χ1) is 7.35. The van der Waals surface area contributed by atoms with Gasteiger partial charge in [0.1, 0.15) is 5.82 Å². The molecule has 0 radical (unpaired) electrons. The van der Waals surface area contributed by atoms with Gasteiger partial charge in [-0.3, -0.25) is 0 Å². The summed E-state index contributed by atoms with van der Waals surface area (Å²) in [5, 5.41) is 12.2. The molecular weight excluding hydrogens is 207 g/mol. The zero-order valence-corrected chi connectivity index (χ0v) is 9.97. The van der Waals surface area contributed by atoms with Crippen molar-refractivity contribution in [3.05, 3.63) is 23.5 Å². The number of aliphatic hydroxyl groups is 1. The van der Waals surface area contributed by atoms with Crippen molar-refractivity contribution in [1.29, 1.82) is 0 Å². The van der Waals surface area contributed by atoms with Gasteiger partial charge in [-0.15, -0.1) is 0 Å². The number of benzene rings is 1. The molecule has 1 rings (SSSR count). The molecule has 4 N–H and O–H groups in total. The van der Waals surface area contributed by atoms with Crippen LogP contribution in [0.5, 0.6) is 0 Å². The zero-order valence-electron chi connectivity index (χ0n) is 9.97. The van der Waals surface area contributed by atoms with E-state index in [2.05, 4.69) is 5.32 Å². The molecule has 0 fully saturated rings. The summed E-state index contributed by atoms with van der Waals surface area (Å²) in [6.45, 7) is 6.23. The van der Waals surface area contributed by atoms with Gasteiger partial charge in [-0.1, -0.05) is 13.8 Å². The van der Waals surface area contributed by atoms with Crippen molar-refractivity contribution in [3.8, 4) is 0 Å². The number of hydrogen-bond acceptors (Lipinski definition) is 3. The Bertz CT molecular complexity index is 378. The molecule has 90 valence electrons. The van der Waals surface area contributed by atoms with Crippen LogP contribution in [-0.2, 0) is 0 Å². The fraction of sp³-hybridized carbons (Fsp3) is 0.500. The van der Waals surface area contributed by atoms with E-state index >= 15 is 0 Å². The number of hydrogen-bond donors (Lipinski definition) is 3. The summed E-state index contributed by atoms with van der Waals surface area (Å²) < 4.78 is 13.2. The van der Waals surface area contributed by atoms with Crippen LogP contribution in [-0.4, -0.2) is 18.3 Å². The lowest BCUT2D eigenvalue weighted by molar-refractivity contribution is 0.171. The predicted octanol–water partition coefficient (Wildman–Crippen LogP) is 2.15. The van der Waals surface area contributed by atoms with E-state index in [9.17, 15) is 4.39 Å². The fourth-order valence-electron chi connectivity index (χ4n) is 1.24. The van der Waals surface area contributed by atoms with E-state index in [-0.39, 0.29) is 17.8 Å². The highest BCUT2D eigenvalue weighted by molar-refractivity contribution is 5.67. The quantitative estimate of drug-likeness (QED) is 0.689. The highest BCUT2D eigenvalue weighted by Gasteiger charge is 2.16. The second kappa shape index (κ2) is 4.70. The lowest BCUT2D eigenvalue weighted by Crippen LogP contribution is -2.27. The summed E-state index contributed by atoms with van der Waals surface area (Å²) >= 11 is 0. The third-order valence-electron chi connectivity index (χ3n) is 2.52. The molecule has 0 saturated carbocycles. The van der Waals surface area contributed by atoms with E-state index in [1.54, 1.807) is 13.0 Å². The number of nitrogens with two attached hydrogens (primary N) is 1. The van der Waals surface area contributed by atoms with Gasteiger partial charge in [0.2, 0.25) is 0 Å². The maximum Gasteiger partial charge on any atom is 0.128 e. The number of halogens is 1. The average molecular weight is 226 g/mol. The van der Waals surface area contributed by atoms with Crippen LogP contribution in [0.2, 0.25) is 0 Å². The molecule has 0 saturated heterocycles. The van der Waals surface area contributed by atoms with Gasteiger partial charge in [0, 0.05) is 18.6 Å². The molecule has 3 nitrogen and oxygen atoms in total. The molecule has 0 aromatic heterocycles. The number of nitrogens with one attached hydrogen (secondary N) is 1. The van der Waals surface area contributed by atoms with E-state index in [0.29, 0.717) is 23.5 Å². The first kappa shape index (κ1) is 12.8. The molecule has 0 heterocycles. The summed E-state index contributed by atoms with van der Waals surface area (Å²) in [6, 6.07) is 2.99. The first-order valence-corrected chi connectivity index (χ1v) is 5.26. The highest BCUT2D eigenvalue weighted by Crippen LogP contribution is 2.24. The van der Waals surface area contributed by atoms with E-state index in [0.717, 1.165) is 0 Å². The minimum atomic E-state index is -0.301. The molecule has 4 heteroatoms. The van der Waals surface area contributed by atoms with Crippen LogP contribution in [0.25, 0.3) is 0 Å². The standard InChI is InChI=1S/C12H19FN2O/c1-8-4-11(10(14)5-9(8)13)15-6-12(2,3)7-16/h4-5,15-16H,6-7,14H2,1-3H3. The minimum absolute atomic E-state index is 0.0834. The lowest BCUT2D eigenvalue weighted by atomic mass is 9.95. The number of aryl methyl sites for hydroxylation is 1. The van der Waals surface area contributed by atoms with Crippen LogP contribution < -0.4 is 11.1 Å². The third-order valence-corrected chi connectivity index (χ3v) is 2.52. The van der Waals surface area contributed by atoms with Gasteiger partial charge in [0.05, 0.1) is 11.4 Å². The molecule has 0 aliphatic heterocycles. The van der Waals surface area contributed by atoms with Crippen LogP contribution in [0.1, 0.15) is 19.4 Å². The van der Waals surface area contributed by atoms with Crippen molar-refractivity contribution >= 4 is 11.4 Å². The molecule has 0 bridgehead atoms. The fourth-order valence-corrected chi connectivity index (χ4v) is 1.24. The maximum absolute atomic E-state index is 13.2. The predicted molar refractivity (Wildman–Crippen MR) is 64.9 cm³/mol. The van der Waals surface area contributed by atoms with Gasteiger partial charge < -0.3 is 16.2 Å². The molecular formula is C12H19FN2O. The summed E-state index contributed by atoms with van der Waals surface area (Å²) in [5.74, 6) is -0.301. The Balaban J connectivity index is 2.79. The van der Waals surface area contributed by atoms with Crippen molar-refractivity contribution in [2.75, 3.05) is 24.2 Å². The van der Waals surface area contributed by atoms with Gasteiger partial charge in [-0.2, -0.15) is 0 Å². The third kappa shape index (κ3) is 3.10. The SMILES string of the molecule is Cc1cc(NCC(C)(C)CO)c(N)cc1F. The van der Waals surface area contributed by atoms with Crippen LogP contribution in [0, 0.1) is 18.2 Å². The van der Waals surface area contributed by atoms with Gasteiger partial charge in [0.25, 0.3) is 0 Å². The van der Waals surface area contributed by atoms with E-state index < -0.39 is 0 Å². The van der Waals surface area contributed by atoms with Crippen molar-refractivity contribution in [1.82, 2.24) is 0 Å². The number of rotatable bonds is 4. The first-order valence-electron chi connectivity index (χ1n) is 5.26. The molecule has 1 aromatic rings. The van der Waals surface area contributed by atoms with Crippen LogP contribution in [0.3, 0.4) is 0 Å². The Morgan fingerprint density at radius 1 is 1.44 bits per heavy atom. The van der Waals surface area contributed by atoms with E-state index in [1.807, 2.05) is 13.8 Å².